The number of rotatable bonds is 12. The van der Waals surface area contributed by atoms with E-state index in [1.54, 1.807) is 13.1 Å². The molecular formula is C29H43N3O2. The van der Waals surface area contributed by atoms with Crippen LogP contribution in [0.1, 0.15) is 90.1 Å². The second kappa shape index (κ2) is 12.6. The number of nitrogens with two attached hydrogens (primary N) is 1. The molecule has 1 aromatic carbocycles. The van der Waals surface area contributed by atoms with Crippen LogP contribution in [0.3, 0.4) is 0 Å². The first-order valence-electron chi connectivity index (χ1n) is 12.7. The molecule has 2 N–H and O–H groups in total. The van der Waals surface area contributed by atoms with Crippen molar-refractivity contribution >= 4 is 17.2 Å². The maximum atomic E-state index is 12.1. The molecule has 0 saturated heterocycles. The molecule has 0 aromatic heterocycles. The van der Waals surface area contributed by atoms with Crippen LogP contribution in [-0.2, 0) is 0 Å². The number of Topliss-reactive ketones (excluding diaryl/α,β-unsaturated/α-hetero) is 1. The lowest BCUT2D eigenvalue weighted by molar-refractivity contribution is 0.101. The van der Waals surface area contributed by atoms with Gasteiger partial charge in [-0.3, -0.25) is 4.79 Å². The summed E-state index contributed by atoms with van der Waals surface area (Å²) in [6.45, 7) is 19.7. The summed E-state index contributed by atoms with van der Waals surface area (Å²) in [6, 6.07) is 5.69. The third kappa shape index (κ3) is 6.19. The van der Waals surface area contributed by atoms with E-state index in [1.165, 1.54) is 0 Å². The van der Waals surface area contributed by atoms with Crippen LogP contribution in [0.2, 0.25) is 0 Å². The first kappa shape index (κ1) is 27.4. The van der Waals surface area contributed by atoms with Crippen molar-refractivity contribution in [2.24, 2.45) is 28.5 Å². The highest BCUT2D eigenvalue weighted by Crippen LogP contribution is 2.40. The third-order valence-corrected chi connectivity index (χ3v) is 6.91. The fourth-order valence-electron chi connectivity index (χ4n) is 4.40. The number of amidine groups is 1. The number of ether oxygens (including phenoxy) is 1. The minimum atomic E-state index is 0.0118. The quantitative estimate of drug-likeness (QED) is 0.332. The summed E-state index contributed by atoms with van der Waals surface area (Å²) >= 11 is 0. The minimum Gasteiger partial charge on any atom is -0.493 e. The predicted molar refractivity (Wildman–Crippen MR) is 144 cm³/mol. The number of benzene rings is 1. The zero-order chi connectivity index (χ0) is 25.4. The first-order chi connectivity index (χ1) is 16.2. The number of carbonyl (C=O) groups is 1. The number of nitrogens with zero attached hydrogens (tertiary/aromatic N) is 2. The van der Waals surface area contributed by atoms with Gasteiger partial charge in [0.05, 0.1) is 12.3 Å². The Balaban J connectivity index is 2.75. The van der Waals surface area contributed by atoms with E-state index in [0.29, 0.717) is 35.6 Å². The van der Waals surface area contributed by atoms with Crippen molar-refractivity contribution < 1.29 is 9.53 Å². The molecule has 1 aromatic rings. The van der Waals surface area contributed by atoms with Crippen molar-refractivity contribution in [1.29, 1.82) is 0 Å². The minimum absolute atomic E-state index is 0.0118. The number of aliphatic imine (C=N–C) groups is 1. The van der Waals surface area contributed by atoms with E-state index in [-0.39, 0.29) is 11.7 Å². The van der Waals surface area contributed by atoms with Gasteiger partial charge in [0.25, 0.3) is 0 Å². The van der Waals surface area contributed by atoms with E-state index in [0.717, 1.165) is 48.2 Å². The summed E-state index contributed by atoms with van der Waals surface area (Å²) in [6.07, 6.45) is 7.87. The van der Waals surface area contributed by atoms with Gasteiger partial charge in [0.1, 0.15) is 11.6 Å². The Kier molecular flexibility index (Phi) is 10.2. The molecule has 1 aliphatic heterocycles. The normalized spacial score (nSPS) is 17.6. The van der Waals surface area contributed by atoms with Crippen molar-refractivity contribution in [3.63, 3.8) is 0 Å². The monoisotopic (exact) mass is 465 g/mol. The molecule has 0 amide bonds. The van der Waals surface area contributed by atoms with E-state index in [2.05, 4.69) is 51.1 Å². The van der Waals surface area contributed by atoms with Gasteiger partial charge in [0.2, 0.25) is 0 Å². The molecule has 5 heteroatoms. The van der Waals surface area contributed by atoms with Gasteiger partial charge in [-0.25, -0.2) is 4.99 Å². The van der Waals surface area contributed by atoms with Gasteiger partial charge in [-0.2, -0.15) is 0 Å². The van der Waals surface area contributed by atoms with Crippen LogP contribution >= 0.6 is 0 Å². The molecule has 34 heavy (non-hydrogen) atoms. The van der Waals surface area contributed by atoms with Crippen LogP contribution < -0.4 is 10.5 Å². The van der Waals surface area contributed by atoms with Crippen LogP contribution in [0, 0.1) is 17.8 Å². The lowest BCUT2D eigenvalue weighted by Gasteiger charge is -2.35. The summed E-state index contributed by atoms with van der Waals surface area (Å²) < 4.78 is 6.04. The molecule has 0 spiro atoms. The third-order valence-electron chi connectivity index (χ3n) is 6.91. The van der Waals surface area contributed by atoms with Crippen LogP contribution in [0.4, 0.5) is 0 Å². The average Bonchev–Trinajstić information content (AvgIpc) is 2.83. The van der Waals surface area contributed by atoms with Crippen molar-refractivity contribution in [2.45, 2.75) is 74.1 Å². The molecule has 0 radical (unpaired) electrons. The van der Waals surface area contributed by atoms with E-state index >= 15 is 0 Å². The van der Waals surface area contributed by atoms with E-state index in [4.69, 9.17) is 10.5 Å². The predicted octanol–water partition coefficient (Wildman–Crippen LogP) is 7.17. The maximum Gasteiger partial charge on any atom is 0.159 e. The van der Waals surface area contributed by atoms with Gasteiger partial charge in [-0.15, -0.1) is 0 Å². The van der Waals surface area contributed by atoms with E-state index in [9.17, 15) is 4.79 Å². The second-order valence-electron chi connectivity index (χ2n) is 9.30. The molecule has 0 saturated carbocycles. The van der Waals surface area contributed by atoms with E-state index < -0.39 is 0 Å². The number of carbonyl (C=O) groups excluding carboxylic acids is 1. The highest BCUT2D eigenvalue weighted by Gasteiger charge is 2.29. The lowest BCUT2D eigenvalue weighted by atomic mass is 9.86. The van der Waals surface area contributed by atoms with Gasteiger partial charge in [-0.1, -0.05) is 59.8 Å². The number of ketones is 1. The molecule has 2 rings (SSSR count). The van der Waals surface area contributed by atoms with Gasteiger partial charge < -0.3 is 15.4 Å². The number of allylic oxidation sites excluding steroid dienone is 2. The topological polar surface area (TPSA) is 67.9 Å². The molecule has 1 heterocycles. The molecule has 3 atom stereocenters. The fourth-order valence-corrected chi connectivity index (χ4v) is 4.40. The van der Waals surface area contributed by atoms with Crippen molar-refractivity contribution in [3.05, 3.63) is 59.7 Å². The summed E-state index contributed by atoms with van der Waals surface area (Å²) in [5, 5.41) is 0. The Labute approximate surface area is 206 Å². The van der Waals surface area contributed by atoms with Gasteiger partial charge in [0.15, 0.2) is 5.78 Å². The molecular weight excluding hydrogens is 422 g/mol. The Morgan fingerprint density at radius 2 is 1.85 bits per heavy atom. The Morgan fingerprint density at radius 3 is 2.41 bits per heavy atom. The molecule has 1 aliphatic rings. The Bertz CT molecular complexity index is 974. The van der Waals surface area contributed by atoms with Crippen molar-refractivity contribution in [3.8, 4) is 5.75 Å². The van der Waals surface area contributed by atoms with E-state index in [1.807, 2.05) is 31.3 Å². The SMILES string of the molecule is C=C(C(CC)CC(C)CC)N1C=CN=C(N)/C1=C(\c1ccc(C(C)=O)cc1OCC)C(C)CC. The maximum absolute atomic E-state index is 12.1. The van der Waals surface area contributed by atoms with Crippen molar-refractivity contribution in [1.82, 2.24) is 4.90 Å². The highest BCUT2D eigenvalue weighted by molar-refractivity contribution is 6.05. The molecule has 3 unspecified atom stereocenters. The van der Waals surface area contributed by atoms with Crippen molar-refractivity contribution in [2.75, 3.05) is 6.61 Å². The smallest absolute Gasteiger partial charge is 0.159 e. The Morgan fingerprint density at radius 1 is 1.15 bits per heavy atom. The Hall–Kier alpha value is -2.82. The zero-order valence-corrected chi connectivity index (χ0v) is 22.1. The lowest BCUT2D eigenvalue weighted by Crippen LogP contribution is -2.34. The second-order valence-corrected chi connectivity index (χ2v) is 9.30. The zero-order valence-electron chi connectivity index (χ0n) is 22.1. The highest BCUT2D eigenvalue weighted by atomic mass is 16.5. The van der Waals surface area contributed by atoms with Crippen LogP contribution in [0.15, 0.2) is 53.6 Å². The summed E-state index contributed by atoms with van der Waals surface area (Å²) in [5.74, 6) is 2.31. The van der Waals surface area contributed by atoms with Gasteiger partial charge >= 0.3 is 0 Å². The molecule has 5 nitrogen and oxygen atoms in total. The average molecular weight is 466 g/mol. The van der Waals surface area contributed by atoms with Crippen LogP contribution in [0.25, 0.3) is 5.57 Å². The van der Waals surface area contributed by atoms with Gasteiger partial charge in [-0.05, 0) is 62.5 Å². The standard InChI is InChI=1S/C29H43N3O2/c1-9-19(5)17-23(11-3)21(7)32-16-15-31-29(30)28(32)27(20(6)10-2)25-14-13-24(22(8)33)18-26(25)34-12-4/h13-16,18-20,23H,7,9-12,17H2,1-6,8H3,(H2,30,31)/b28-27+. The number of hydrogen-bond donors (Lipinski definition) is 1. The van der Waals surface area contributed by atoms with Crippen LogP contribution in [-0.4, -0.2) is 23.1 Å². The first-order valence-corrected chi connectivity index (χ1v) is 12.7. The van der Waals surface area contributed by atoms with Crippen LogP contribution in [0.5, 0.6) is 5.75 Å². The number of hydrogen-bond acceptors (Lipinski definition) is 5. The molecule has 0 aliphatic carbocycles. The molecule has 0 fully saturated rings. The molecule has 186 valence electrons. The summed E-state index contributed by atoms with van der Waals surface area (Å²) in [7, 11) is 0. The fraction of sp³-hybridized carbons (Fsp3) is 0.517. The summed E-state index contributed by atoms with van der Waals surface area (Å²) in [4.78, 5) is 18.7. The largest absolute Gasteiger partial charge is 0.493 e. The van der Waals surface area contributed by atoms with Gasteiger partial charge in [0, 0.05) is 29.2 Å². The molecule has 0 bridgehead atoms. The summed E-state index contributed by atoms with van der Waals surface area (Å²) in [5.41, 5.74) is 11.1.